The number of nitrogens with one attached hydrogen (secondary N) is 1. The van der Waals surface area contributed by atoms with Crippen LogP contribution in [0.25, 0.3) is 44.3 Å². The summed E-state index contributed by atoms with van der Waals surface area (Å²) in [6.45, 7) is 7.06. The minimum atomic E-state index is -3.19. The summed E-state index contributed by atoms with van der Waals surface area (Å²) >= 11 is 0. The molecule has 0 amide bonds. The van der Waals surface area contributed by atoms with Crippen LogP contribution in [0.5, 0.6) is 0 Å². The number of pyridine rings is 1. The van der Waals surface area contributed by atoms with E-state index in [1.54, 1.807) is 0 Å². The molecule has 0 aliphatic carbocycles. The van der Waals surface area contributed by atoms with Gasteiger partial charge in [-0.2, -0.15) is 0 Å². The Balaban J connectivity index is 1.40. The smallest absolute Gasteiger partial charge is 0.235 e. The molecule has 0 radical (unpaired) electrons. The van der Waals surface area contributed by atoms with Crippen molar-refractivity contribution in [1.29, 1.82) is 0 Å². The maximum absolute atomic E-state index is 12.3. The quantitative estimate of drug-likeness (QED) is 0.364. The standard InChI is InChI=1S/C27H27N5O2S/c1-27(2,3)31-17-30-24-10-7-19(14-25(24)31)23-16-29-26-22(23)13-20(15-28-26)18-5-8-21(9-6-18)32-11-4-12-35(32,33)34/h5-10,13-17H,4,11-12H2,1-3H3,(H,28,29). The highest BCUT2D eigenvalue weighted by atomic mass is 32.2. The summed E-state index contributed by atoms with van der Waals surface area (Å²) in [5, 5.41) is 1.04. The number of sulfonamides is 1. The van der Waals surface area contributed by atoms with Crippen molar-refractivity contribution in [3.8, 4) is 22.3 Å². The highest BCUT2D eigenvalue weighted by Crippen LogP contribution is 2.34. The Bertz CT molecular complexity index is 1670. The summed E-state index contributed by atoms with van der Waals surface area (Å²) in [7, 11) is -3.19. The lowest BCUT2D eigenvalue weighted by Gasteiger charge is -2.21. The molecule has 1 N–H and O–H groups in total. The van der Waals surface area contributed by atoms with E-state index >= 15 is 0 Å². The van der Waals surface area contributed by atoms with Gasteiger partial charge in [0.2, 0.25) is 10.0 Å². The van der Waals surface area contributed by atoms with Crippen LogP contribution in [0.15, 0.2) is 67.3 Å². The van der Waals surface area contributed by atoms with Crippen molar-refractivity contribution in [3.05, 3.63) is 67.3 Å². The summed E-state index contributed by atoms with van der Waals surface area (Å²) in [6, 6.07) is 16.2. The van der Waals surface area contributed by atoms with Gasteiger partial charge in [-0.1, -0.05) is 18.2 Å². The molecule has 1 aliphatic heterocycles. The molecule has 0 saturated carbocycles. The van der Waals surface area contributed by atoms with Crippen LogP contribution in [0.3, 0.4) is 0 Å². The zero-order valence-electron chi connectivity index (χ0n) is 20.0. The van der Waals surface area contributed by atoms with Crippen molar-refractivity contribution in [3.63, 3.8) is 0 Å². The lowest BCUT2D eigenvalue weighted by molar-refractivity contribution is 0.408. The third kappa shape index (κ3) is 3.69. The summed E-state index contributed by atoms with van der Waals surface area (Å²) in [6.07, 6.45) is 6.42. The lowest BCUT2D eigenvalue weighted by Crippen LogP contribution is -2.24. The van der Waals surface area contributed by atoms with Crippen LogP contribution in [0.2, 0.25) is 0 Å². The fraction of sp³-hybridized carbons (Fsp3) is 0.259. The van der Waals surface area contributed by atoms with Crippen LogP contribution >= 0.6 is 0 Å². The van der Waals surface area contributed by atoms with Gasteiger partial charge in [-0.05, 0) is 68.7 Å². The molecule has 4 heterocycles. The van der Waals surface area contributed by atoms with Crippen LogP contribution in [0, 0.1) is 0 Å². The van der Waals surface area contributed by atoms with Gasteiger partial charge < -0.3 is 9.55 Å². The molecule has 0 bridgehead atoms. The molecule has 1 aliphatic rings. The zero-order valence-corrected chi connectivity index (χ0v) is 20.8. The molecule has 1 fully saturated rings. The Kier molecular flexibility index (Phi) is 4.79. The number of nitrogens with zero attached hydrogens (tertiary/aromatic N) is 4. The van der Waals surface area contributed by atoms with Gasteiger partial charge in [0.25, 0.3) is 0 Å². The Labute approximate surface area is 204 Å². The topological polar surface area (TPSA) is 83.9 Å². The first-order valence-electron chi connectivity index (χ1n) is 11.8. The molecular formula is C27H27N5O2S. The van der Waals surface area contributed by atoms with E-state index in [1.807, 2.05) is 43.0 Å². The maximum Gasteiger partial charge on any atom is 0.235 e. The van der Waals surface area contributed by atoms with Crippen molar-refractivity contribution in [2.75, 3.05) is 16.6 Å². The molecule has 2 aromatic carbocycles. The SMILES string of the molecule is CC(C)(C)n1cnc2ccc(-c3c[nH]c4ncc(-c5ccc(N6CCCS6(=O)=O)cc5)cc34)cc21. The first-order valence-corrected chi connectivity index (χ1v) is 13.4. The first-order chi connectivity index (χ1) is 16.7. The largest absolute Gasteiger partial charge is 0.346 e. The average Bonchev–Trinajstić information content (AvgIpc) is 3.53. The number of rotatable bonds is 3. The Morgan fingerprint density at radius 3 is 2.43 bits per heavy atom. The Hall–Kier alpha value is -3.65. The fourth-order valence-electron chi connectivity index (χ4n) is 4.86. The van der Waals surface area contributed by atoms with E-state index in [2.05, 4.69) is 64.6 Å². The van der Waals surface area contributed by atoms with Gasteiger partial charge in [0.05, 0.1) is 28.8 Å². The second kappa shape index (κ2) is 7.68. The molecule has 35 heavy (non-hydrogen) atoms. The molecule has 3 aromatic heterocycles. The van der Waals surface area contributed by atoms with Gasteiger partial charge in [-0.15, -0.1) is 0 Å². The number of aromatic amines is 1. The zero-order chi connectivity index (χ0) is 24.4. The number of H-pyrrole nitrogens is 1. The normalized spacial score (nSPS) is 15.9. The number of hydrogen-bond acceptors (Lipinski definition) is 4. The molecule has 178 valence electrons. The summed E-state index contributed by atoms with van der Waals surface area (Å²) in [4.78, 5) is 12.5. The van der Waals surface area contributed by atoms with E-state index in [0.717, 1.165) is 44.3 Å². The number of imidazole rings is 1. The molecule has 8 heteroatoms. The van der Waals surface area contributed by atoms with E-state index in [-0.39, 0.29) is 11.3 Å². The summed E-state index contributed by atoms with van der Waals surface area (Å²) < 4.78 is 28.2. The minimum absolute atomic E-state index is 0.0666. The molecular weight excluding hydrogens is 458 g/mol. The third-order valence-corrected chi connectivity index (χ3v) is 8.57. The highest BCUT2D eigenvalue weighted by Gasteiger charge is 2.28. The van der Waals surface area contributed by atoms with Crippen LogP contribution in [-0.2, 0) is 15.6 Å². The summed E-state index contributed by atoms with van der Waals surface area (Å²) in [5.74, 6) is 0.216. The van der Waals surface area contributed by atoms with Gasteiger partial charge in [0, 0.05) is 41.0 Å². The average molecular weight is 486 g/mol. The van der Waals surface area contributed by atoms with E-state index < -0.39 is 10.0 Å². The maximum atomic E-state index is 12.3. The Morgan fingerprint density at radius 1 is 0.943 bits per heavy atom. The predicted octanol–water partition coefficient (Wildman–Crippen LogP) is 5.54. The highest BCUT2D eigenvalue weighted by molar-refractivity contribution is 7.93. The van der Waals surface area contributed by atoms with Crippen molar-refractivity contribution >= 4 is 37.8 Å². The molecule has 5 aromatic rings. The first kappa shape index (κ1) is 21.9. The van der Waals surface area contributed by atoms with Crippen LogP contribution < -0.4 is 4.31 Å². The number of fused-ring (bicyclic) bond motifs is 2. The second-order valence-electron chi connectivity index (χ2n) is 10.1. The predicted molar refractivity (Wildman–Crippen MR) is 141 cm³/mol. The number of hydrogen-bond donors (Lipinski definition) is 1. The molecule has 0 spiro atoms. The monoisotopic (exact) mass is 485 g/mol. The van der Waals surface area contributed by atoms with E-state index in [9.17, 15) is 8.42 Å². The van der Waals surface area contributed by atoms with E-state index in [1.165, 1.54) is 4.31 Å². The van der Waals surface area contributed by atoms with Gasteiger partial charge in [-0.3, -0.25) is 4.31 Å². The molecule has 1 saturated heterocycles. The molecule has 0 unspecified atom stereocenters. The van der Waals surface area contributed by atoms with Crippen molar-refractivity contribution in [2.45, 2.75) is 32.7 Å². The van der Waals surface area contributed by atoms with Gasteiger partial charge >= 0.3 is 0 Å². The van der Waals surface area contributed by atoms with Crippen LogP contribution in [0.1, 0.15) is 27.2 Å². The van der Waals surface area contributed by atoms with Crippen LogP contribution in [-0.4, -0.2) is 40.2 Å². The van der Waals surface area contributed by atoms with Gasteiger partial charge in [0.15, 0.2) is 0 Å². The van der Waals surface area contributed by atoms with Crippen molar-refractivity contribution in [1.82, 2.24) is 19.5 Å². The molecule has 0 atom stereocenters. The number of anilines is 1. The number of benzene rings is 2. The van der Waals surface area contributed by atoms with Crippen LogP contribution in [0.4, 0.5) is 5.69 Å². The van der Waals surface area contributed by atoms with Crippen molar-refractivity contribution in [2.24, 2.45) is 0 Å². The molecule has 7 nitrogen and oxygen atoms in total. The van der Waals surface area contributed by atoms with Crippen molar-refractivity contribution < 1.29 is 8.42 Å². The number of aromatic nitrogens is 4. The third-order valence-electron chi connectivity index (χ3n) is 6.70. The van der Waals surface area contributed by atoms with Gasteiger partial charge in [-0.25, -0.2) is 18.4 Å². The molecule has 6 rings (SSSR count). The van der Waals surface area contributed by atoms with Gasteiger partial charge in [0.1, 0.15) is 5.65 Å². The fourth-order valence-corrected chi connectivity index (χ4v) is 6.42. The Morgan fingerprint density at radius 2 is 1.71 bits per heavy atom. The summed E-state index contributed by atoms with van der Waals surface area (Å²) in [5.41, 5.74) is 7.70. The van der Waals surface area contributed by atoms with E-state index in [0.29, 0.717) is 18.7 Å². The second-order valence-corrected chi connectivity index (χ2v) is 12.1. The minimum Gasteiger partial charge on any atom is -0.346 e. The lowest BCUT2D eigenvalue weighted by atomic mass is 10.0. The van der Waals surface area contributed by atoms with E-state index in [4.69, 9.17) is 0 Å².